The van der Waals surface area contributed by atoms with Crippen LogP contribution in [0.2, 0.25) is 5.02 Å². The second-order valence-corrected chi connectivity index (χ2v) is 4.79. The average molecular weight is 347 g/mol. The Bertz CT molecular complexity index is 803. The third kappa shape index (κ3) is 3.70. The highest BCUT2D eigenvalue weighted by molar-refractivity contribution is 6.30. The first-order chi connectivity index (χ1) is 10.7. The summed E-state index contributed by atoms with van der Waals surface area (Å²) in [6.07, 6.45) is -4.92. The van der Waals surface area contributed by atoms with E-state index in [9.17, 15) is 22.8 Å². The number of rotatable bonds is 3. The molecule has 23 heavy (non-hydrogen) atoms. The first-order valence-corrected chi connectivity index (χ1v) is 6.76. The number of ether oxygens (including phenoxy) is 1. The maximum absolute atomic E-state index is 13.0. The van der Waals surface area contributed by atoms with Gasteiger partial charge in [-0.1, -0.05) is 17.7 Å². The fourth-order valence-electron chi connectivity index (χ4n) is 1.82. The minimum atomic E-state index is -4.92. The van der Waals surface area contributed by atoms with Gasteiger partial charge in [0.05, 0.1) is 17.9 Å². The summed E-state index contributed by atoms with van der Waals surface area (Å²) in [5.74, 6) is -1.27. The molecule has 0 fully saturated rings. The molecule has 1 aromatic heterocycles. The van der Waals surface area contributed by atoms with E-state index in [4.69, 9.17) is 11.6 Å². The van der Waals surface area contributed by atoms with Crippen molar-refractivity contribution in [2.75, 3.05) is 6.61 Å². The number of nitrogens with zero attached hydrogens (tertiary/aromatic N) is 2. The number of aromatic nitrogens is 2. The van der Waals surface area contributed by atoms with Gasteiger partial charge in [-0.05, 0) is 25.1 Å². The molecule has 0 spiro atoms. The Labute approximate surface area is 133 Å². The molecule has 0 amide bonds. The summed E-state index contributed by atoms with van der Waals surface area (Å²) < 4.78 is 44.3. The van der Waals surface area contributed by atoms with Gasteiger partial charge in [0, 0.05) is 11.1 Å². The molecule has 0 N–H and O–H groups in total. The van der Waals surface area contributed by atoms with Gasteiger partial charge in [-0.25, -0.2) is 4.79 Å². The first kappa shape index (κ1) is 17.0. The standard InChI is InChI=1S/C14H10ClF3N2O3/c1-2-23-13(22)12-10(14(16,17)18)7-11(21)20(19-12)9-5-3-4-8(15)6-9/h3-7H,2H2,1H3. The zero-order valence-electron chi connectivity index (χ0n) is 11.7. The van der Waals surface area contributed by atoms with Crippen LogP contribution >= 0.6 is 11.6 Å². The summed E-state index contributed by atoms with van der Waals surface area (Å²) >= 11 is 5.79. The number of carbonyl (C=O) groups is 1. The lowest BCUT2D eigenvalue weighted by Crippen LogP contribution is -2.28. The minimum absolute atomic E-state index is 0.127. The fourth-order valence-corrected chi connectivity index (χ4v) is 2.00. The van der Waals surface area contributed by atoms with Gasteiger partial charge in [0.2, 0.25) is 0 Å². The van der Waals surface area contributed by atoms with Crippen molar-refractivity contribution < 1.29 is 22.7 Å². The normalized spacial score (nSPS) is 11.3. The molecule has 0 saturated heterocycles. The van der Waals surface area contributed by atoms with Gasteiger partial charge in [0.25, 0.3) is 5.56 Å². The van der Waals surface area contributed by atoms with Crippen LogP contribution in [-0.2, 0) is 10.9 Å². The van der Waals surface area contributed by atoms with E-state index >= 15 is 0 Å². The van der Waals surface area contributed by atoms with Crippen molar-refractivity contribution >= 4 is 17.6 Å². The second-order valence-electron chi connectivity index (χ2n) is 4.35. The second kappa shape index (κ2) is 6.41. The van der Waals surface area contributed by atoms with Crippen LogP contribution in [0, 0.1) is 0 Å². The fraction of sp³-hybridized carbons (Fsp3) is 0.214. The molecule has 2 rings (SSSR count). The van der Waals surface area contributed by atoms with Crippen molar-refractivity contribution in [2.45, 2.75) is 13.1 Å². The van der Waals surface area contributed by atoms with Crippen LogP contribution < -0.4 is 5.56 Å². The summed E-state index contributed by atoms with van der Waals surface area (Å²) in [5, 5.41) is 3.78. The van der Waals surface area contributed by atoms with Crippen molar-refractivity contribution in [1.29, 1.82) is 0 Å². The van der Waals surface area contributed by atoms with E-state index in [0.29, 0.717) is 10.7 Å². The molecule has 0 radical (unpaired) electrons. The van der Waals surface area contributed by atoms with Crippen LogP contribution in [0.5, 0.6) is 0 Å². The molecule has 0 aliphatic carbocycles. The van der Waals surface area contributed by atoms with Crippen molar-refractivity contribution in [1.82, 2.24) is 9.78 Å². The monoisotopic (exact) mass is 346 g/mol. The highest BCUT2D eigenvalue weighted by Gasteiger charge is 2.38. The van der Waals surface area contributed by atoms with E-state index in [0.717, 1.165) is 0 Å². The van der Waals surface area contributed by atoms with Gasteiger partial charge in [0.15, 0.2) is 5.69 Å². The highest BCUT2D eigenvalue weighted by atomic mass is 35.5. The van der Waals surface area contributed by atoms with Crippen molar-refractivity contribution in [2.24, 2.45) is 0 Å². The minimum Gasteiger partial charge on any atom is -0.461 e. The van der Waals surface area contributed by atoms with E-state index in [1.54, 1.807) is 0 Å². The molecule has 1 aromatic carbocycles. The number of alkyl halides is 3. The van der Waals surface area contributed by atoms with Crippen LogP contribution in [0.25, 0.3) is 5.69 Å². The van der Waals surface area contributed by atoms with E-state index in [-0.39, 0.29) is 17.3 Å². The predicted molar refractivity (Wildman–Crippen MR) is 75.8 cm³/mol. The summed E-state index contributed by atoms with van der Waals surface area (Å²) in [7, 11) is 0. The van der Waals surface area contributed by atoms with Crippen LogP contribution in [0.1, 0.15) is 23.0 Å². The molecule has 0 aliphatic rings. The summed E-state index contributed by atoms with van der Waals surface area (Å²) in [4.78, 5) is 23.7. The summed E-state index contributed by atoms with van der Waals surface area (Å²) in [6, 6.07) is 6.07. The Morgan fingerprint density at radius 3 is 2.61 bits per heavy atom. The average Bonchev–Trinajstić information content (AvgIpc) is 2.46. The third-order valence-corrected chi connectivity index (χ3v) is 2.99. The number of benzene rings is 1. The molecule has 122 valence electrons. The SMILES string of the molecule is CCOC(=O)c1nn(-c2cccc(Cl)c2)c(=O)cc1C(F)(F)F. The van der Waals surface area contributed by atoms with Gasteiger partial charge in [-0.2, -0.15) is 23.0 Å². The lowest BCUT2D eigenvalue weighted by Gasteiger charge is -2.13. The van der Waals surface area contributed by atoms with Gasteiger partial charge in [0.1, 0.15) is 0 Å². The number of hydrogen-bond acceptors (Lipinski definition) is 4. The lowest BCUT2D eigenvalue weighted by molar-refractivity contribution is -0.138. The van der Waals surface area contributed by atoms with Crippen molar-refractivity contribution in [3.63, 3.8) is 0 Å². The maximum atomic E-state index is 13.0. The molecule has 1 heterocycles. The number of esters is 1. The molecular formula is C14H10ClF3N2O3. The first-order valence-electron chi connectivity index (χ1n) is 6.38. The predicted octanol–water partition coefficient (Wildman–Crippen LogP) is 3.08. The lowest BCUT2D eigenvalue weighted by atomic mass is 10.2. The van der Waals surface area contributed by atoms with Gasteiger partial charge >= 0.3 is 12.1 Å². The molecule has 0 atom stereocenters. The van der Waals surface area contributed by atoms with E-state index < -0.39 is 29.0 Å². The molecule has 0 unspecified atom stereocenters. The zero-order chi connectivity index (χ0) is 17.2. The number of carbonyl (C=O) groups excluding carboxylic acids is 1. The molecule has 2 aromatic rings. The highest BCUT2D eigenvalue weighted by Crippen LogP contribution is 2.30. The van der Waals surface area contributed by atoms with E-state index in [2.05, 4.69) is 9.84 Å². The third-order valence-electron chi connectivity index (χ3n) is 2.76. The maximum Gasteiger partial charge on any atom is 0.419 e. The molecule has 0 saturated carbocycles. The van der Waals surface area contributed by atoms with Crippen LogP contribution in [-0.4, -0.2) is 22.4 Å². The van der Waals surface area contributed by atoms with Crippen LogP contribution in [0.4, 0.5) is 13.2 Å². The Kier molecular flexibility index (Phi) is 4.74. The number of hydrogen-bond donors (Lipinski definition) is 0. The van der Waals surface area contributed by atoms with Crippen LogP contribution in [0.3, 0.4) is 0 Å². The summed E-state index contributed by atoms with van der Waals surface area (Å²) in [5.41, 5.74) is -3.35. The zero-order valence-corrected chi connectivity index (χ0v) is 12.5. The largest absolute Gasteiger partial charge is 0.461 e. The summed E-state index contributed by atoms with van der Waals surface area (Å²) in [6.45, 7) is 1.31. The van der Waals surface area contributed by atoms with Gasteiger partial charge in [-0.15, -0.1) is 0 Å². The Morgan fingerprint density at radius 2 is 2.04 bits per heavy atom. The molecule has 0 bridgehead atoms. The van der Waals surface area contributed by atoms with Crippen LogP contribution in [0.15, 0.2) is 35.1 Å². The topological polar surface area (TPSA) is 61.2 Å². The van der Waals surface area contributed by atoms with E-state index in [1.807, 2.05) is 0 Å². The van der Waals surface area contributed by atoms with Crippen molar-refractivity contribution in [3.8, 4) is 5.69 Å². The van der Waals surface area contributed by atoms with E-state index in [1.165, 1.54) is 31.2 Å². The molecular weight excluding hydrogens is 337 g/mol. The Morgan fingerprint density at radius 1 is 1.35 bits per heavy atom. The van der Waals surface area contributed by atoms with Crippen molar-refractivity contribution in [3.05, 3.63) is 57.0 Å². The Hall–Kier alpha value is -2.35. The quantitative estimate of drug-likeness (QED) is 0.801. The van der Waals surface area contributed by atoms with Gasteiger partial charge < -0.3 is 4.74 Å². The molecule has 0 aliphatic heterocycles. The van der Waals surface area contributed by atoms with Gasteiger partial charge in [-0.3, -0.25) is 4.79 Å². The smallest absolute Gasteiger partial charge is 0.419 e. The number of halogens is 4. The molecule has 9 heteroatoms. The molecule has 5 nitrogen and oxygen atoms in total. The Balaban J connectivity index is 2.70.